The Kier molecular flexibility index (Phi) is 3.55. The molecule has 2 aliphatic rings. The SMILES string of the molecule is C[C@H]1C[C@H]1C(=O)OCC(=O)NC1(C#N)CCCC1. The zero-order valence-corrected chi connectivity index (χ0v) is 10.6. The summed E-state index contributed by atoms with van der Waals surface area (Å²) in [6.07, 6.45) is 4.12. The van der Waals surface area contributed by atoms with Crippen molar-refractivity contribution in [1.29, 1.82) is 5.26 Å². The van der Waals surface area contributed by atoms with Crippen molar-refractivity contribution in [3.8, 4) is 6.07 Å². The fourth-order valence-electron chi connectivity index (χ4n) is 2.44. The number of hydrogen-bond donors (Lipinski definition) is 1. The third-order valence-electron chi connectivity index (χ3n) is 3.81. The zero-order valence-electron chi connectivity index (χ0n) is 10.6. The summed E-state index contributed by atoms with van der Waals surface area (Å²) < 4.78 is 4.94. The molecule has 18 heavy (non-hydrogen) atoms. The molecule has 0 saturated heterocycles. The summed E-state index contributed by atoms with van der Waals surface area (Å²) in [4.78, 5) is 23.1. The molecule has 0 unspecified atom stereocenters. The molecular formula is C13H18N2O3. The van der Waals surface area contributed by atoms with Gasteiger partial charge in [-0.3, -0.25) is 9.59 Å². The summed E-state index contributed by atoms with van der Waals surface area (Å²) in [5, 5.41) is 11.8. The second kappa shape index (κ2) is 4.97. The van der Waals surface area contributed by atoms with Gasteiger partial charge >= 0.3 is 5.97 Å². The van der Waals surface area contributed by atoms with Crippen molar-refractivity contribution in [2.24, 2.45) is 11.8 Å². The highest BCUT2D eigenvalue weighted by molar-refractivity contribution is 5.83. The van der Waals surface area contributed by atoms with Crippen molar-refractivity contribution in [2.45, 2.75) is 44.6 Å². The predicted octanol–water partition coefficient (Wildman–Crippen LogP) is 1.14. The number of hydrogen-bond acceptors (Lipinski definition) is 4. The summed E-state index contributed by atoms with van der Waals surface area (Å²) in [6, 6.07) is 2.17. The smallest absolute Gasteiger partial charge is 0.309 e. The molecule has 0 radical (unpaired) electrons. The van der Waals surface area contributed by atoms with E-state index in [0.717, 1.165) is 19.3 Å². The Morgan fingerprint density at radius 1 is 1.44 bits per heavy atom. The minimum Gasteiger partial charge on any atom is -0.455 e. The Hall–Kier alpha value is -1.57. The molecule has 0 aromatic heterocycles. The third kappa shape index (κ3) is 2.81. The van der Waals surface area contributed by atoms with Gasteiger partial charge in [-0.05, 0) is 38.0 Å². The molecule has 0 aromatic carbocycles. The van der Waals surface area contributed by atoms with Gasteiger partial charge in [0, 0.05) is 0 Å². The summed E-state index contributed by atoms with van der Waals surface area (Å²) in [7, 11) is 0. The van der Waals surface area contributed by atoms with E-state index in [4.69, 9.17) is 10.00 Å². The van der Waals surface area contributed by atoms with Crippen LogP contribution in [-0.4, -0.2) is 24.0 Å². The lowest BCUT2D eigenvalue weighted by Gasteiger charge is -2.21. The molecule has 5 heteroatoms. The van der Waals surface area contributed by atoms with Crippen molar-refractivity contribution in [3.05, 3.63) is 0 Å². The number of nitriles is 1. The number of amides is 1. The van der Waals surface area contributed by atoms with E-state index in [1.807, 2.05) is 6.92 Å². The van der Waals surface area contributed by atoms with Crippen molar-refractivity contribution in [1.82, 2.24) is 5.32 Å². The lowest BCUT2D eigenvalue weighted by atomic mass is 10.00. The lowest BCUT2D eigenvalue weighted by molar-refractivity contribution is -0.150. The first-order valence-corrected chi connectivity index (χ1v) is 6.45. The van der Waals surface area contributed by atoms with Crippen molar-refractivity contribution < 1.29 is 14.3 Å². The van der Waals surface area contributed by atoms with Crippen LogP contribution < -0.4 is 5.32 Å². The monoisotopic (exact) mass is 250 g/mol. The van der Waals surface area contributed by atoms with Crippen LogP contribution in [0.2, 0.25) is 0 Å². The third-order valence-corrected chi connectivity index (χ3v) is 3.81. The highest BCUT2D eigenvalue weighted by Gasteiger charge is 2.41. The molecule has 1 N–H and O–H groups in total. The van der Waals surface area contributed by atoms with E-state index in [-0.39, 0.29) is 24.4 Å². The summed E-state index contributed by atoms with van der Waals surface area (Å²) in [5.74, 6) is -0.328. The first-order valence-electron chi connectivity index (χ1n) is 6.45. The van der Waals surface area contributed by atoms with Crippen molar-refractivity contribution in [3.63, 3.8) is 0 Å². The Bertz CT molecular complexity index is 394. The minimum absolute atomic E-state index is 0.0331. The molecular weight excluding hydrogens is 232 g/mol. The molecule has 0 aliphatic heterocycles. The molecule has 0 aromatic rings. The van der Waals surface area contributed by atoms with Gasteiger partial charge in [-0.2, -0.15) is 5.26 Å². The van der Waals surface area contributed by atoms with Gasteiger partial charge in [0.05, 0.1) is 12.0 Å². The molecule has 2 atom stereocenters. The van der Waals surface area contributed by atoms with Crippen molar-refractivity contribution >= 4 is 11.9 Å². The normalized spacial score (nSPS) is 28.2. The average molecular weight is 250 g/mol. The van der Waals surface area contributed by atoms with Crippen molar-refractivity contribution in [2.75, 3.05) is 6.61 Å². The highest BCUT2D eigenvalue weighted by Crippen LogP contribution is 2.38. The molecule has 5 nitrogen and oxygen atoms in total. The number of carbonyl (C=O) groups is 2. The molecule has 2 rings (SSSR count). The van der Waals surface area contributed by atoms with Gasteiger partial charge in [-0.15, -0.1) is 0 Å². The van der Waals surface area contributed by atoms with E-state index in [2.05, 4.69) is 11.4 Å². The lowest BCUT2D eigenvalue weighted by Crippen LogP contribution is -2.46. The van der Waals surface area contributed by atoms with Gasteiger partial charge in [0.2, 0.25) is 0 Å². The molecule has 0 spiro atoms. The number of carbonyl (C=O) groups excluding carboxylic acids is 2. The van der Waals surface area contributed by atoms with Crippen LogP contribution in [0.25, 0.3) is 0 Å². The predicted molar refractivity (Wildman–Crippen MR) is 63.2 cm³/mol. The summed E-state index contributed by atoms with van der Waals surface area (Å²) >= 11 is 0. The molecule has 0 bridgehead atoms. The largest absolute Gasteiger partial charge is 0.455 e. The highest BCUT2D eigenvalue weighted by atomic mass is 16.5. The van der Waals surface area contributed by atoms with Crippen LogP contribution in [0, 0.1) is 23.2 Å². The summed E-state index contributed by atoms with van der Waals surface area (Å²) in [5.41, 5.74) is -0.740. The zero-order chi connectivity index (χ0) is 13.2. The van der Waals surface area contributed by atoms with Gasteiger partial charge in [0.25, 0.3) is 5.91 Å². The molecule has 2 aliphatic carbocycles. The average Bonchev–Trinajstić information content (AvgIpc) is 2.90. The van der Waals surface area contributed by atoms with Crippen LogP contribution in [-0.2, 0) is 14.3 Å². The van der Waals surface area contributed by atoms with E-state index in [0.29, 0.717) is 18.8 Å². The molecule has 2 fully saturated rings. The molecule has 98 valence electrons. The van der Waals surface area contributed by atoms with Gasteiger partial charge in [-0.25, -0.2) is 0 Å². The van der Waals surface area contributed by atoms with Crippen LogP contribution in [0.15, 0.2) is 0 Å². The van der Waals surface area contributed by atoms with E-state index in [9.17, 15) is 9.59 Å². The maximum absolute atomic E-state index is 11.7. The van der Waals surface area contributed by atoms with Crippen LogP contribution in [0.3, 0.4) is 0 Å². The van der Waals surface area contributed by atoms with E-state index < -0.39 is 5.54 Å². The Labute approximate surface area is 106 Å². The number of esters is 1. The maximum atomic E-state index is 11.7. The summed E-state index contributed by atoms with van der Waals surface area (Å²) in [6.45, 7) is 1.71. The molecule has 0 heterocycles. The standard InChI is InChI=1S/C13H18N2O3/c1-9-6-10(9)12(17)18-7-11(16)15-13(8-14)4-2-3-5-13/h9-10H,2-7H2,1H3,(H,15,16)/t9-,10+/m0/s1. The number of rotatable bonds is 4. The number of nitrogens with one attached hydrogen (secondary N) is 1. The van der Waals surface area contributed by atoms with Crippen LogP contribution in [0.1, 0.15) is 39.0 Å². The molecule has 2 saturated carbocycles. The van der Waals surface area contributed by atoms with Gasteiger partial charge in [0.1, 0.15) is 5.54 Å². The Balaban J connectivity index is 1.75. The van der Waals surface area contributed by atoms with E-state index >= 15 is 0 Å². The number of nitrogens with zero attached hydrogens (tertiary/aromatic N) is 1. The molecule has 1 amide bonds. The fraction of sp³-hybridized carbons (Fsp3) is 0.769. The maximum Gasteiger partial charge on any atom is 0.309 e. The van der Waals surface area contributed by atoms with Gasteiger partial charge in [0.15, 0.2) is 6.61 Å². The second-order valence-corrected chi connectivity index (χ2v) is 5.38. The van der Waals surface area contributed by atoms with Crippen LogP contribution >= 0.6 is 0 Å². The van der Waals surface area contributed by atoms with Crippen LogP contribution in [0.5, 0.6) is 0 Å². The minimum atomic E-state index is -0.740. The van der Waals surface area contributed by atoms with Crippen LogP contribution in [0.4, 0.5) is 0 Å². The topological polar surface area (TPSA) is 79.2 Å². The van der Waals surface area contributed by atoms with Gasteiger partial charge in [-0.1, -0.05) is 6.92 Å². The quantitative estimate of drug-likeness (QED) is 0.759. The van der Waals surface area contributed by atoms with Gasteiger partial charge < -0.3 is 10.1 Å². The van der Waals surface area contributed by atoms with E-state index in [1.54, 1.807) is 0 Å². The first kappa shape index (κ1) is 12.9. The number of ether oxygens (including phenoxy) is 1. The fourth-order valence-corrected chi connectivity index (χ4v) is 2.44. The Morgan fingerprint density at radius 3 is 2.56 bits per heavy atom. The second-order valence-electron chi connectivity index (χ2n) is 5.38. The Morgan fingerprint density at radius 2 is 2.06 bits per heavy atom. The van der Waals surface area contributed by atoms with E-state index in [1.165, 1.54) is 0 Å². The first-order chi connectivity index (χ1) is 8.56.